The van der Waals surface area contributed by atoms with Crippen molar-refractivity contribution in [1.82, 2.24) is 10.2 Å². The summed E-state index contributed by atoms with van der Waals surface area (Å²) in [6, 6.07) is 8.24. The summed E-state index contributed by atoms with van der Waals surface area (Å²) in [6.45, 7) is 4.49. The number of hydrogen-bond donors (Lipinski definition) is 1. The van der Waals surface area contributed by atoms with E-state index in [4.69, 9.17) is 0 Å². The Morgan fingerprint density at radius 2 is 2.07 bits per heavy atom. The van der Waals surface area contributed by atoms with Crippen molar-refractivity contribution in [1.29, 1.82) is 0 Å². The van der Waals surface area contributed by atoms with Crippen molar-refractivity contribution in [2.45, 2.75) is 20.3 Å². The molecule has 1 aromatic carbocycles. The fraction of sp³-hybridized carbons (Fsp3) is 0.417. The van der Waals surface area contributed by atoms with Crippen molar-refractivity contribution >= 4 is 26.8 Å². The molecule has 0 aliphatic heterocycles. The summed E-state index contributed by atoms with van der Waals surface area (Å²) in [5.41, 5.74) is 2.54. The SMILES string of the molecule is CC(C)(CBr)Cc1[nH]nc2ccccc12. The maximum Gasteiger partial charge on any atom is 0.0923 e. The highest BCUT2D eigenvalue weighted by atomic mass is 79.9. The molecule has 2 nitrogen and oxygen atoms in total. The zero-order chi connectivity index (χ0) is 10.9. The van der Waals surface area contributed by atoms with Crippen LogP contribution >= 0.6 is 15.9 Å². The molecule has 0 saturated heterocycles. The number of aromatic nitrogens is 2. The van der Waals surface area contributed by atoms with E-state index in [1.807, 2.05) is 12.1 Å². The molecule has 0 atom stereocenters. The number of rotatable bonds is 3. The second-order valence-electron chi connectivity index (χ2n) is 4.69. The lowest BCUT2D eigenvalue weighted by molar-refractivity contribution is 0.421. The molecule has 0 spiro atoms. The third kappa shape index (κ3) is 2.23. The van der Waals surface area contributed by atoms with E-state index in [1.165, 1.54) is 11.1 Å². The molecule has 0 aliphatic rings. The average molecular weight is 267 g/mol. The zero-order valence-electron chi connectivity index (χ0n) is 9.05. The van der Waals surface area contributed by atoms with Crippen LogP contribution in [0.15, 0.2) is 24.3 Å². The Hall–Kier alpha value is -0.830. The summed E-state index contributed by atoms with van der Waals surface area (Å²) in [5.74, 6) is 0. The van der Waals surface area contributed by atoms with E-state index >= 15 is 0 Å². The largest absolute Gasteiger partial charge is 0.281 e. The molecule has 0 radical (unpaired) electrons. The van der Waals surface area contributed by atoms with Gasteiger partial charge in [0.15, 0.2) is 0 Å². The second kappa shape index (κ2) is 3.97. The third-order valence-corrected chi connectivity index (χ3v) is 4.08. The van der Waals surface area contributed by atoms with Crippen LogP contribution < -0.4 is 0 Å². The highest BCUT2D eigenvalue weighted by molar-refractivity contribution is 9.09. The monoisotopic (exact) mass is 266 g/mol. The normalized spacial score (nSPS) is 12.2. The van der Waals surface area contributed by atoms with E-state index in [1.54, 1.807) is 0 Å². The van der Waals surface area contributed by atoms with Crippen molar-refractivity contribution < 1.29 is 0 Å². The van der Waals surface area contributed by atoms with Gasteiger partial charge in [0.05, 0.1) is 5.52 Å². The summed E-state index contributed by atoms with van der Waals surface area (Å²) in [4.78, 5) is 0. The number of aromatic amines is 1. The Balaban J connectivity index is 2.37. The number of benzene rings is 1. The lowest BCUT2D eigenvalue weighted by Crippen LogP contribution is -2.16. The molecule has 2 rings (SSSR count). The lowest BCUT2D eigenvalue weighted by Gasteiger charge is -2.20. The van der Waals surface area contributed by atoms with E-state index in [0.717, 1.165) is 17.3 Å². The first kappa shape index (κ1) is 10.7. The molecule has 80 valence electrons. The van der Waals surface area contributed by atoms with Gasteiger partial charge in [0.1, 0.15) is 0 Å². The van der Waals surface area contributed by atoms with E-state index in [0.29, 0.717) is 0 Å². The maximum absolute atomic E-state index is 4.30. The molecule has 0 saturated carbocycles. The van der Waals surface area contributed by atoms with E-state index < -0.39 is 0 Å². The molecule has 1 heterocycles. The van der Waals surface area contributed by atoms with Crippen LogP contribution in [0.25, 0.3) is 10.9 Å². The van der Waals surface area contributed by atoms with Gasteiger partial charge in [-0.2, -0.15) is 5.10 Å². The van der Waals surface area contributed by atoms with E-state index in [9.17, 15) is 0 Å². The molecule has 1 N–H and O–H groups in total. The molecule has 0 fully saturated rings. The summed E-state index contributed by atoms with van der Waals surface area (Å²) in [7, 11) is 0. The van der Waals surface area contributed by atoms with Gasteiger partial charge in [0.25, 0.3) is 0 Å². The number of fused-ring (bicyclic) bond motifs is 1. The van der Waals surface area contributed by atoms with E-state index in [-0.39, 0.29) is 5.41 Å². The molecule has 3 heteroatoms. The first-order valence-electron chi connectivity index (χ1n) is 5.10. The van der Waals surface area contributed by atoms with Gasteiger partial charge in [-0.3, -0.25) is 5.10 Å². The fourth-order valence-electron chi connectivity index (χ4n) is 1.67. The van der Waals surface area contributed by atoms with Crippen LogP contribution in [0.5, 0.6) is 0 Å². The van der Waals surface area contributed by atoms with Crippen molar-refractivity contribution in [2.24, 2.45) is 5.41 Å². The Morgan fingerprint density at radius 1 is 1.33 bits per heavy atom. The first-order chi connectivity index (χ1) is 7.12. The molecule has 2 aromatic rings. The van der Waals surface area contributed by atoms with Gasteiger partial charge in [0, 0.05) is 16.4 Å². The molecular formula is C12H15BrN2. The highest BCUT2D eigenvalue weighted by Gasteiger charge is 2.19. The minimum atomic E-state index is 0.259. The number of halogens is 1. The molecule has 0 aliphatic carbocycles. The van der Waals surface area contributed by atoms with Gasteiger partial charge in [-0.1, -0.05) is 48.0 Å². The van der Waals surface area contributed by atoms with Crippen LogP contribution in [-0.4, -0.2) is 15.5 Å². The molecule has 1 aromatic heterocycles. The number of para-hydroxylation sites is 1. The highest BCUT2D eigenvalue weighted by Crippen LogP contribution is 2.26. The van der Waals surface area contributed by atoms with Crippen LogP contribution in [0.1, 0.15) is 19.5 Å². The Bertz CT molecular complexity index is 459. The van der Waals surface area contributed by atoms with Crippen molar-refractivity contribution in [3.05, 3.63) is 30.0 Å². The van der Waals surface area contributed by atoms with E-state index in [2.05, 4.69) is 52.1 Å². The number of nitrogens with zero attached hydrogens (tertiary/aromatic N) is 1. The van der Waals surface area contributed by atoms with Gasteiger partial charge in [-0.05, 0) is 17.9 Å². The molecule has 0 amide bonds. The summed E-state index contributed by atoms with van der Waals surface area (Å²) >= 11 is 3.55. The number of nitrogens with one attached hydrogen (secondary N) is 1. The lowest BCUT2D eigenvalue weighted by atomic mass is 9.89. The topological polar surface area (TPSA) is 28.7 Å². The third-order valence-electron chi connectivity index (χ3n) is 2.56. The van der Waals surface area contributed by atoms with Gasteiger partial charge in [-0.25, -0.2) is 0 Å². The Morgan fingerprint density at radius 3 is 2.80 bits per heavy atom. The van der Waals surface area contributed by atoms with Crippen LogP contribution in [0.2, 0.25) is 0 Å². The predicted molar refractivity (Wildman–Crippen MR) is 67.4 cm³/mol. The minimum Gasteiger partial charge on any atom is -0.281 e. The Kier molecular flexibility index (Phi) is 2.83. The number of alkyl halides is 1. The molecule has 15 heavy (non-hydrogen) atoms. The molecular weight excluding hydrogens is 252 g/mol. The van der Waals surface area contributed by atoms with Crippen molar-refractivity contribution in [2.75, 3.05) is 5.33 Å². The van der Waals surface area contributed by atoms with Crippen molar-refractivity contribution in [3.8, 4) is 0 Å². The minimum absolute atomic E-state index is 0.259. The van der Waals surface area contributed by atoms with Crippen LogP contribution in [-0.2, 0) is 6.42 Å². The first-order valence-corrected chi connectivity index (χ1v) is 6.22. The maximum atomic E-state index is 4.30. The summed E-state index contributed by atoms with van der Waals surface area (Å²) in [5, 5.41) is 9.67. The van der Waals surface area contributed by atoms with Gasteiger partial charge < -0.3 is 0 Å². The smallest absolute Gasteiger partial charge is 0.0923 e. The molecule has 0 unspecified atom stereocenters. The summed E-state index contributed by atoms with van der Waals surface area (Å²) in [6.07, 6.45) is 1.01. The van der Waals surface area contributed by atoms with Gasteiger partial charge in [-0.15, -0.1) is 0 Å². The van der Waals surface area contributed by atoms with Crippen molar-refractivity contribution in [3.63, 3.8) is 0 Å². The van der Waals surface area contributed by atoms with Crippen LogP contribution in [0, 0.1) is 5.41 Å². The van der Waals surface area contributed by atoms with Gasteiger partial charge >= 0.3 is 0 Å². The second-order valence-corrected chi connectivity index (χ2v) is 5.25. The number of hydrogen-bond acceptors (Lipinski definition) is 1. The zero-order valence-corrected chi connectivity index (χ0v) is 10.6. The molecule has 0 bridgehead atoms. The Labute approximate surface area is 98.2 Å². The number of H-pyrrole nitrogens is 1. The van der Waals surface area contributed by atoms with Crippen LogP contribution in [0.3, 0.4) is 0 Å². The summed E-state index contributed by atoms with van der Waals surface area (Å²) < 4.78 is 0. The van der Waals surface area contributed by atoms with Gasteiger partial charge in [0.2, 0.25) is 0 Å². The average Bonchev–Trinajstić information content (AvgIpc) is 2.62. The standard InChI is InChI=1S/C12H15BrN2/c1-12(2,8-13)7-11-9-5-3-4-6-10(9)14-15-11/h3-6H,7-8H2,1-2H3,(H,14,15). The quantitative estimate of drug-likeness (QED) is 0.847. The predicted octanol–water partition coefficient (Wildman–Crippen LogP) is 3.53. The fourth-order valence-corrected chi connectivity index (χ4v) is 1.87. The van der Waals surface area contributed by atoms with Crippen LogP contribution in [0.4, 0.5) is 0 Å².